The topological polar surface area (TPSA) is 96.5 Å². The van der Waals surface area contributed by atoms with Crippen LogP contribution in [0.3, 0.4) is 0 Å². The molecule has 116 valence electrons. The van der Waals surface area contributed by atoms with E-state index in [-0.39, 0.29) is 18.3 Å². The number of imidazole rings is 1. The van der Waals surface area contributed by atoms with E-state index in [1.54, 1.807) is 35.4 Å². The quantitative estimate of drug-likeness (QED) is 0.594. The lowest BCUT2D eigenvalue weighted by molar-refractivity contribution is -0.388. The van der Waals surface area contributed by atoms with Gasteiger partial charge in [-0.15, -0.1) is 0 Å². The number of amides is 1. The van der Waals surface area contributed by atoms with Crippen LogP contribution in [0.15, 0.2) is 0 Å². The average Bonchev–Trinajstić information content (AvgIpc) is 2.76. The molecule has 1 aromatic heterocycles. The summed E-state index contributed by atoms with van der Waals surface area (Å²) >= 11 is 0. The van der Waals surface area contributed by atoms with Gasteiger partial charge in [0.25, 0.3) is 0 Å². The van der Waals surface area contributed by atoms with Gasteiger partial charge >= 0.3 is 5.82 Å². The summed E-state index contributed by atoms with van der Waals surface area (Å²) in [6.07, 6.45) is 0. The molecule has 0 spiro atoms. The van der Waals surface area contributed by atoms with Gasteiger partial charge in [0.15, 0.2) is 0 Å². The number of aromatic nitrogens is 2. The van der Waals surface area contributed by atoms with Crippen molar-refractivity contribution in [3.8, 4) is 0 Å². The maximum Gasteiger partial charge on any atom is 0.406 e. The van der Waals surface area contributed by atoms with E-state index in [1.165, 1.54) is 0 Å². The van der Waals surface area contributed by atoms with Crippen molar-refractivity contribution in [2.24, 2.45) is 7.05 Å². The zero-order valence-corrected chi connectivity index (χ0v) is 12.5. The fraction of sp³-hybridized carbons (Fsp3) is 0.667. The first-order valence-corrected chi connectivity index (χ1v) is 6.79. The van der Waals surface area contributed by atoms with Crippen molar-refractivity contribution in [2.75, 3.05) is 44.7 Å². The van der Waals surface area contributed by atoms with Crippen molar-refractivity contribution in [3.05, 3.63) is 15.9 Å². The van der Waals surface area contributed by atoms with Gasteiger partial charge in [-0.1, -0.05) is 0 Å². The number of hydrogen-bond acceptors (Lipinski definition) is 6. The Balaban J connectivity index is 2.14. The van der Waals surface area contributed by atoms with Crippen molar-refractivity contribution in [2.45, 2.75) is 6.92 Å². The fourth-order valence-electron chi connectivity index (χ4n) is 2.42. The van der Waals surface area contributed by atoms with E-state index in [9.17, 15) is 14.9 Å². The third-order valence-electron chi connectivity index (χ3n) is 3.65. The molecule has 0 aliphatic carbocycles. The predicted molar refractivity (Wildman–Crippen MR) is 77.3 cm³/mol. The summed E-state index contributed by atoms with van der Waals surface area (Å²) in [6.45, 7) is 4.68. The number of nitro groups is 1. The van der Waals surface area contributed by atoms with Crippen LogP contribution in [0.1, 0.15) is 5.82 Å². The van der Waals surface area contributed by atoms with Crippen LogP contribution in [0.2, 0.25) is 0 Å². The van der Waals surface area contributed by atoms with E-state index in [0.29, 0.717) is 24.7 Å². The molecule has 0 saturated carbocycles. The highest BCUT2D eigenvalue weighted by Gasteiger charge is 2.28. The molecule has 0 atom stereocenters. The molecule has 1 N–H and O–H groups in total. The van der Waals surface area contributed by atoms with Gasteiger partial charge < -0.3 is 25.2 Å². The summed E-state index contributed by atoms with van der Waals surface area (Å²) in [6, 6.07) is 0. The van der Waals surface area contributed by atoms with Crippen LogP contribution >= 0.6 is 0 Å². The number of nitrogens with zero attached hydrogens (tertiary/aromatic N) is 5. The second kappa shape index (κ2) is 6.08. The Hall–Kier alpha value is -2.16. The second-order valence-corrected chi connectivity index (χ2v) is 5.11. The molecule has 1 saturated heterocycles. The molecule has 1 amide bonds. The Labute approximate surface area is 122 Å². The number of piperazine rings is 1. The van der Waals surface area contributed by atoms with Crippen LogP contribution in [0, 0.1) is 17.0 Å². The summed E-state index contributed by atoms with van der Waals surface area (Å²) in [4.78, 5) is 30.1. The van der Waals surface area contributed by atoms with Gasteiger partial charge in [0.1, 0.15) is 0 Å². The molecule has 0 unspecified atom stereocenters. The van der Waals surface area contributed by atoms with Gasteiger partial charge in [-0.05, 0) is 9.91 Å². The molecule has 1 aliphatic heterocycles. The average molecular weight is 296 g/mol. The van der Waals surface area contributed by atoms with Gasteiger partial charge in [-0.3, -0.25) is 9.36 Å². The van der Waals surface area contributed by atoms with E-state index in [0.717, 1.165) is 13.1 Å². The lowest BCUT2D eigenvalue weighted by Gasteiger charge is -2.29. The second-order valence-electron chi connectivity index (χ2n) is 5.11. The molecule has 1 aliphatic rings. The molecule has 1 fully saturated rings. The summed E-state index contributed by atoms with van der Waals surface area (Å²) in [5.41, 5.74) is 0. The summed E-state index contributed by atoms with van der Waals surface area (Å²) < 4.78 is 1.63. The fourth-order valence-corrected chi connectivity index (χ4v) is 2.42. The van der Waals surface area contributed by atoms with Gasteiger partial charge in [-0.25, -0.2) is 0 Å². The molecule has 0 bridgehead atoms. The van der Waals surface area contributed by atoms with Crippen LogP contribution < -0.4 is 10.2 Å². The monoisotopic (exact) mass is 296 g/mol. The Bertz CT molecular complexity index is 549. The van der Waals surface area contributed by atoms with Crippen molar-refractivity contribution in [1.29, 1.82) is 0 Å². The van der Waals surface area contributed by atoms with E-state index >= 15 is 0 Å². The van der Waals surface area contributed by atoms with E-state index in [4.69, 9.17) is 0 Å². The Morgan fingerprint density at radius 1 is 1.48 bits per heavy atom. The number of carbonyl (C=O) groups is 1. The number of hydrogen-bond donors (Lipinski definition) is 1. The van der Waals surface area contributed by atoms with E-state index in [2.05, 4.69) is 10.3 Å². The van der Waals surface area contributed by atoms with Crippen molar-refractivity contribution >= 4 is 17.5 Å². The predicted octanol–water partition coefficient (Wildman–Crippen LogP) is -0.495. The zero-order valence-electron chi connectivity index (χ0n) is 12.5. The first-order valence-electron chi connectivity index (χ1n) is 6.79. The highest BCUT2D eigenvalue weighted by atomic mass is 16.6. The molecule has 0 radical (unpaired) electrons. The molecule has 2 rings (SSSR count). The third kappa shape index (κ3) is 3.13. The molecule has 0 aromatic carbocycles. The largest absolute Gasteiger partial charge is 0.406 e. The number of carbonyl (C=O) groups excluding carboxylic acids is 1. The van der Waals surface area contributed by atoms with E-state index < -0.39 is 4.92 Å². The Morgan fingerprint density at radius 2 is 2.10 bits per heavy atom. The number of likely N-dealkylation sites (N-methyl/N-ethyl adjacent to an activating group) is 1. The highest BCUT2D eigenvalue weighted by Crippen LogP contribution is 2.26. The molecule has 9 heteroatoms. The minimum absolute atomic E-state index is 0.0350. The third-order valence-corrected chi connectivity index (χ3v) is 3.65. The minimum Gasteiger partial charge on any atom is -0.358 e. The molecule has 9 nitrogen and oxygen atoms in total. The van der Waals surface area contributed by atoms with Crippen molar-refractivity contribution in [1.82, 2.24) is 19.8 Å². The standard InChI is InChI=1S/C12H20N6O3/c1-9-14-11(18(20)21)12(16(9)3)15(2)8-10(19)17-6-4-13-5-7-17/h13H,4-8H2,1-3H3. The Morgan fingerprint density at radius 3 is 2.67 bits per heavy atom. The number of nitrogens with one attached hydrogen (secondary N) is 1. The van der Waals surface area contributed by atoms with Crippen LogP contribution in [0.4, 0.5) is 11.6 Å². The molecule has 2 heterocycles. The number of aryl methyl sites for hydroxylation is 1. The molecule has 21 heavy (non-hydrogen) atoms. The number of anilines is 1. The smallest absolute Gasteiger partial charge is 0.358 e. The first kappa shape index (κ1) is 15.2. The van der Waals surface area contributed by atoms with Gasteiger partial charge in [0, 0.05) is 47.2 Å². The summed E-state index contributed by atoms with van der Waals surface area (Å²) in [5, 5.41) is 14.3. The van der Waals surface area contributed by atoms with E-state index in [1.807, 2.05) is 0 Å². The zero-order chi connectivity index (χ0) is 15.6. The molecular formula is C12H20N6O3. The maximum absolute atomic E-state index is 12.2. The molecular weight excluding hydrogens is 276 g/mol. The van der Waals surface area contributed by atoms with Gasteiger partial charge in [-0.2, -0.15) is 0 Å². The summed E-state index contributed by atoms with van der Waals surface area (Å²) in [5.74, 6) is 0.636. The first-order chi connectivity index (χ1) is 9.91. The lowest BCUT2D eigenvalue weighted by Crippen LogP contribution is -2.49. The molecule has 1 aromatic rings. The summed E-state index contributed by atoms with van der Waals surface area (Å²) in [7, 11) is 3.38. The van der Waals surface area contributed by atoms with Crippen molar-refractivity contribution < 1.29 is 9.72 Å². The van der Waals surface area contributed by atoms with Crippen LogP contribution in [0.5, 0.6) is 0 Å². The van der Waals surface area contributed by atoms with Crippen LogP contribution in [0.25, 0.3) is 0 Å². The number of rotatable bonds is 4. The maximum atomic E-state index is 12.2. The van der Waals surface area contributed by atoms with Crippen LogP contribution in [-0.2, 0) is 11.8 Å². The normalized spacial score (nSPS) is 15.1. The van der Waals surface area contributed by atoms with Gasteiger partial charge in [0.05, 0.1) is 6.54 Å². The lowest BCUT2D eigenvalue weighted by atomic mass is 10.3. The minimum atomic E-state index is -0.520. The SMILES string of the molecule is Cc1nc([N+](=O)[O-])c(N(C)CC(=O)N2CCNCC2)n1C. The Kier molecular flexibility index (Phi) is 4.41. The highest BCUT2D eigenvalue weighted by molar-refractivity contribution is 5.82. The van der Waals surface area contributed by atoms with Crippen molar-refractivity contribution in [3.63, 3.8) is 0 Å². The van der Waals surface area contributed by atoms with Crippen LogP contribution in [-0.4, -0.2) is 65.1 Å². The van der Waals surface area contributed by atoms with Gasteiger partial charge in [0.2, 0.25) is 17.5 Å².